The number of aliphatic hydroxyl groups is 1. The standard InChI is InChI=1S/C8H16O2/c1-2-8-7(9)5-3-4-6-10-8/h7-9H,2-6H2,1H3/t7-,8+/m0/s1. The largest absolute Gasteiger partial charge is 0.390 e. The normalized spacial score (nSPS) is 35.4. The van der Waals surface area contributed by atoms with E-state index in [4.69, 9.17) is 4.74 Å². The Morgan fingerprint density at radius 1 is 1.50 bits per heavy atom. The Morgan fingerprint density at radius 2 is 2.30 bits per heavy atom. The van der Waals surface area contributed by atoms with E-state index in [-0.39, 0.29) is 12.2 Å². The number of hydrogen-bond acceptors (Lipinski definition) is 2. The maximum absolute atomic E-state index is 9.42. The summed E-state index contributed by atoms with van der Waals surface area (Å²) < 4.78 is 5.41. The van der Waals surface area contributed by atoms with Crippen molar-refractivity contribution >= 4 is 0 Å². The lowest BCUT2D eigenvalue weighted by Gasteiger charge is -2.17. The van der Waals surface area contributed by atoms with Gasteiger partial charge >= 0.3 is 0 Å². The highest BCUT2D eigenvalue weighted by Gasteiger charge is 2.19. The second kappa shape index (κ2) is 3.94. The van der Waals surface area contributed by atoms with Crippen LogP contribution >= 0.6 is 0 Å². The smallest absolute Gasteiger partial charge is 0.0831 e. The number of rotatable bonds is 1. The molecule has 1 heterocycles. The Kier molecular flexibility index (Phi) is 3.16. The minimum Gasteiger partial charge on any atom is -0.390 e. The van der Waals surface area contributed by atoms with E-state index < -0.39 is 0 Å². The van der Waals surface area contributed by atoms with Crippen molar-refractivity contribution in [1.29, 1.82) is 0 Å². The van der Waals surface area contributed by atoms with Crippen LogP contribution in [-0.2, 0) is 4.74 Å². The maximum Gasteiger partial charge on any atom is 0.0831 e. The highest BCUT2D eigenvalue weighted by molar-refractivity contribution is 4.70. The zero-order valence-electron chi connectivity index (χ0n) is 6.55. The van der Waals surface area contributed by atoms with E-state index in [0.29, 0.717) is 0 Å². The van der Waals surface area contributed by atoms with E-state index in [1.165, 1.54) is 0 Å². The predicted octanol–water partition coefficient (Wildman–Crippen LogP) is 1.33. The van der Waals surface area contributed by atoms with Crippen LogP contribution in [0.1, 0.15) is 32.6 Å². The van der Waals surface area contributed by atoms with Gasteiger partial charge in [-0.25, -0.2) is 0 Å². The molecule has 0 saturated carbocycles. The summed E-state index contributed by atoms with van der Waals surface area (Å²) in [5, 5.41) is 9.42. The summed E-state index contributed by atoms with van der Waals surface area (Å²) >= 11 is 0. The lowest BCUT2D eigenvalue weighted by Crippen LogP contribution is -2.26. The van der Waals surface area contributed by atoms with Crippen LogP contribution in [0.2, 0.25) is 0 Å². The lowest BCUT2D eigenvalue weighted by molar-refractivity contribution is -0.0266. The van der Waals surface area contributed by atoms with E-state index in [1.54, 1.807) is 0 Å². The zero-order valence-corrected chi connectivity index (χ0v) is 6.55. The molecule has 10 heavy (non-hydrogen) atoms. The van der Waals surface area contributed by atoms with Crippen LogP contribution in [0.4, 0.5) is 0 Å². The average Bonchev–Trinajstić information content (AvgIpc) is 2.13. The minimum atomic E-state index is -0.215. The quantitative estimate of drug-likeness (QED) is 0.601. The SMILES string of the molecule is CC[C@H]1OCCCC[C@@H]1O. The predicted molar refractivity (Wildman–Crippen MR) is 39.9 cm³/mol. The van der Waals surface area contributed by atoms with Gasteiger partial charge in [0.1, 0.15) is 0 Å². The van der Waals surface area contributed by atoms with Gasteiger partial charge < -0.3 is 9.84 Å². The molecule has 2 nitrogen and oxygen atoms in total. The van der Waals surface area contributed by atoms with Crippen LogP contribution in [-0.4, -0.2) is 23.9 Å². The third kappa shape index (κ3) is 1.96. The van der Waals surface area contributed by atoms with Crippen molar-refractivity contribution < 1.29 is 9.84 Å². The van der Waals surface area contributed by atoms with Gasteiger partial charge in [-0.05, 0) is 25.7 Å². The van der Waals surface area contributed by atoms with E-state index in [1.807, 2.05) is 0 Å². The number of ether oxygens (including phenoxy) is 1. The van der Waals surface area contributed by atoms with Gasteiger partial charge in [0.2, 0.25) is 0 Å². The fourth-order valence-electron chi connectivity index (χ4n) is 1.38. The third-order valence-corrected chi connectivity index (χ3v) is 2.06. The molecule has 1 rings (SSSR count). The van der Waals surface area contributed by atoms with Crippen molar-refractivity contribution in [3.8, 4) is 0 Å². The van der Waals surface area contributed by atoms with Gasteiger partial charge in [0.05, 0.1) is 12.2 Å². The summed E-state index contributed by atoms with van der Waals surface area (Å²) in [5.74, 6) is 0. The Hall–Kier alpha value is -0.0800. The van der Waals surface area contributed by atoms with Crippen LogP contribution in [0.3, 0.4) is 0 Å². The molecule has 60 valence electrons. The monoisotopic (exact) mass is 144 g/mol. The summed E-state index contributed by atoms with van der Waals surface area (Å²) in [7, 11) is 0. The Morgan fingerprint density at radius 3 is 3.00 bits per heavy atom. The first-order valence-electron chi connectivity index (χ1n) is 4.14. The lowest BCUT2D eigenvalue weighted by atomic mass is 10.1. The molecule has 2 atom stereocenters. The Balaban J connectivity index is 2.35. The second-order valence-corrected chi connectivity index (χ2v) is 2.88. The van der Waals surface area contributed by atoms with Gasteiger partial charge in [-0.15, -0.1) is 0 Å². The third-order valence-electron chi connectivity index (χ3n) is 2.06. The fourth-order valence-corrected chi connectivity index (χ4v) is 1.38. The van der Waals surface area contributed by atoms with E-state index in [9.17, 15) is 5.11 Å². The molecule has 0 aromatic rings. The summed E-state index contributed by atoms with van der Waals surface area (Å²) in [6.07, 6.45) is 3.94. The van der Waals surface area contributed by atoms with Gasteiger partial charge in [-0.2, -0.15) is 0 Å². The van der Waals surface area contributed by atoms with E-state index >= 15 is 0 Å². The van der Waals surface area contributed by atoms with E-state index in [2.05, 4.69) is 6.92 Å². The maximum atomic E-state index is 9.42. The van der Waals surface area contributed by atoms with Crippen molar-refractivity contribution in [2.24, 2.45) is 0 Å². The van der Waals surface area contributed by atoms with E-state index in [0.717, 1.165) is 32.3 Å². The van der Waals surface area contributed by atoms with Crippen LogP contribution in [0.5, 0.6) is 0 Å². The first-order valence-corrected chi connectivity index (χ1v) is 4.14. The van der Waals surface area contributed by atoms with Crippen LogP contribution < -0.4 is 0 Å². The molecule has 0 aromatic heterocycles. The van der Waals surface area contributed by atoms with Gasteiger partial charge in [0.15, 0.2) is 0 Å². The molecule has 2 heteroatoms. The Labute approximate surface area is 62.2 Å². The second-order valence-electron chi connectivity index (χ2n) is 2.88. The molecule has 0 aromatic carbocycles. The molecule has 1 saturated heterocycles. The van der Waals surface area contributed by atoms with Gasteiger partial charge in [-0.3, -0.25) is 0 Å². The molecule has 0 bridgehead atoms. The topological polar surface area (TPSA) is 29.5 Å². The van der Waals surface area contributed by atoms with Crippen LogP contribution in [0, 0.1) is 0 Å². The molecule has 1 aliphatic rings. The van der Waals surface area contributed by atoms with Crippen molar-refractivity contribution in [2.45, 2.75) is 44.8 Å². The summed E-state index contributed by atoms with van der Waals surface area (Å²) in [5.41, 5.74) is 0. The van der Waals surface area contributed by atoms with Crippen LogP contribution in [0.15, 0.2) is 0 Å². The summed E-state index contributed by atoms with van der Waals surface area (Å²) in [6.45, 7) is 2.88. The number of aliphatic hydroxyl groups excluding tert-OH is 1. The summed E-state index contributed by atoms with van der Waals surface area (Å²) in [6, 6.07) is 0. The fraction of sp³-hybridized carbons (Fsp3) is 1.00. The van der Waals surface area contributed by atoms with Crippen LogP contribution in [0.25, 0.3) is 0 Å². The average molecular weight is 144 g/mol. The molecule has 1 N–H and O–H groups in total. The summed E-state index contributed by atoms with van der Waals surface area (Å²) in [4.78, 5) is 0. The molecule has 0 spiro atoms. The molecule has 0 radical (unpaired) electrons. The van der Waals surface area contributed by atoms with Gasteiger partial charge in [0.25, 0.3) is 0 Å². The Bertz CT molecular complexity index is 93.3. The molecular weight excluding hydrogens is 128 g/mol. The van der Waals surface area contributed by atoms with Crippen molar-refractivity contribution in [3.05, 3.63) is 0 Å². The molecule has 1 fully saturated rings. The highest BCUT2D eigenvalue weighted by atomic mass is 16.5. The minimum absolute atomic E-state index is 0.0995. The van der Waals surface area contributed by atoms with Gasteiger partial charge in [0, 0.05) is 6.61 Å². The van der Waals surface area contributed by atoms with Crippen molar-refractivity contribution in [3.63, 3.8) is 0 Å². The van der Waals surface area contributed by atoms with Crippen molar-refractivity contribution in [2.75, 3.05) is 6.61 Å². The molecule has 0 amide bonds. The first kappa shape index (κ1) is 8.02. The molecule has 0 unspecified atom stereocenters. The molecule has 1 aliphatic heterocycles. The first-order chi connectivity index (χ1) is 4.84. The highest BCUT2D eigenvalue weighted by Crippen LogP contribution is 2.15. The molecule has 0 aliphatic carbocycles. The molecular formula is C8H16O2. The van der Waals surface area contributed by atoms with Gasteiger partial charge in [-0.1, -0.05) is 6.92 Å². The van der Waals surface area contributed by atoms with Crippen molar-refractivity contribution in [1.82, 2.24) is 0 Å². The zero-order chi connectivity index (χ0) is 7.40. The number of hydrogen-bond donors (Lipinski definition) is 1.